The first-order valence-corrected chi connectivity index (χ1v) is 10.9. The van der Waals surface area contributed by atoms with Gasteiger partial charge in [0.2, 0.25) is 0 Å². The Balaban J connectivity index is 1.69. The molecule has 0 spiro atoms. The molecule has 0 saturated carbocycles. The van der Waals surface area contributed by atoms with Crippen molar-refractivity contribution in [2.45, 2.75) is 40.7 Å². The molecule has 3 N–H and O–H groups in total. The summed E-state index contributed by atoms with van der Waals surface area (Å²) < 4.78 is 7.83. The van der Waals surface area contributed by atoms with Crippen LogP contribution in [0.3, 0.4) is 0 Å². The maximum Gasteiger partial charge on any atom is 0.145 e. The zero-order valence-electron chi connectivity index (χ0n) is 18.1. The van der Waals surface area contributed by atoms with Crippen molar-refractivity contribution in [3.05, 3.63) is 17.6 Å². The van der Waals surface area contributed by atoms with Gasteiger partial charge in [-0.2, -0.15) is 0 Å². The lowest BCUT2D eigenvalue weighted by atomic mass is 10.2. The lowest BCUT2D eigenvalue weighted by molar-refractivity contribution is -0.906. The van der Waals surface area contributed by atoms with E-state index in [1.165, 1.54) is 42.7 Å². The Morgan fingerprint density at radius 1 is 1.18 bits per heavy atom. The molecule has 1 fully saturated rings. The van der Waals surface area contributed by atoms with Gasteiger partial charge in [-0.1, -0.05) is 0 Å². The molecule has 3 rings (SSSR count). The number of anilines is 1. The average Bonchev–Trinajstić information content (AvgIpc) is 2.97. The second-order valence-electron chi connectivity index (χ2n) is 7.88. The van der Waals surface area contributed by atoms with Crippen LogP contribution < -0.4 is 15.1 Å². The van der Waals surface area contributed by atoms with Crippen molar-refractivity contribution in [3.8, 4) is 0 Å². The molecule has 28 heavy (non-hydrogen) atoms. The Morgan fingerprint density at radius 2 is 1.93 bits per heavy atom. The molecule has 0 aromatic carbocycles. The third kappa shape index (κ3) is 4.82. The number of rotatable bonds is 10. The minimum atomic E-state index is 0.878. The largest absolute Gasteiger partial charge is 0.370 e. The number of hydrogen-bond donors (Lipinski definition) is 3. The number of aromatic nitrogens is 3. The van der Waals surface area contributed by atoms with Crippen molar-refractivity contribution in [2.75, 3.05) is 64.3 Å². The van der Waals surface area contributed by atoms with E-state index in [-0.39, 0.29) is 0 Å². The molecule has 2 aromatic heterocycles. The van der Waals surface area contributed by atoms with Crippen LogP contribution in [0.4, 0.5) is 5.82 Å². The molecule has 0 atom stereocenters. The zero-order chi connectivity index (χ0) is 19.9. The number of hydrogen-bond acceptors (Lipinski definition) is 4. The molecule has 0 aliphatic carbocycles. The molecule has 1 aliphatic heterocycles. The summed E-state index contributed by atoms with van der Waals surface area (Å²) in [5.74, 6) is 0.978. The fourth-order valence-electron chi connectivity index (χ4n) is 4.23. The second kappa shape index (κ2) is 10.2. The standard InChI is InChI=1S/C21H36N6O/c1-5-25(6-2)9-7-10-27-18(4)17(3)19-20(23-16-24-21(19)27)22-8-11-26-12-14-28-15-13-26/h16H,5-15H2,1-4H3,(H,22,23,24)/p+2. The lowest BCUT2D eigenvalue weighted by Gasteiger charge is -2.23. The molecule has 2 aromatic rings. The first-order chi connectivity index (χ1) is 13.7. The molecule has 3 heterocycles. The molecule has 0 amide bonds. The van der Waals surface area contributed by atoms with Crippen LogP contribution in [0.2, 0.25) is 0 Å². The first-order valence-electron chi connectivity index (χ1n) is 10.9. The second-order valence-corrected chi connectivity index (χ2v) is 7.88. The number of ether oxygens (including phenoxy) is 1. The number of quaternary nitrogens is 2. The normalized spacial score (nSPS) is 15.6. The summed E-state index contributed by atoms with van der Waals surface area (Å²) in [6, 6.07) is 0. The van der Waals surface area contributed by atoms with E-state index in [1.54, 1.807) is 16.1 Å². The van der Waals surface area contributed by atoms with Crippen LogP contribution in [-0.4, -0.2) is 73.6 Å². The van der Waals surface area contributed by atoms with Gasteiger partial charge in [-0.25, -0.2) is 9.97 Å². The fourth-order valence-corrected chi connectivity index (χ4v) is 4.23. The monoisotopic (exact) mass is 390 g/mol. The first kappa shape index (κ1) is 21.0. The van der Waals surface area contributed by atoms with Gasteiger partial charge in [0.1, 0.15) is 30.9 Å². The highest BCUT2D eigenvalue weighted by atomic mass is 16.5. The van der Waals surface area contributed by atoms with Crippen molar-refractivity contribution in [1.82, 2.24) is 14.5 Å². The maximum atomic E-state index is 5.45. The minimum absolute atomic E-state index is 0.878. The SMILES string of the molecule is CC[NH+](CC)CCCn1c(C)c(C)c2c(NCC[NH+]3CCOCC3)ncnc21. The third-order valence-electron chi connectivity index (χ3n) is 6.29. The Kier molecular flexibility index (Phi) is 7.65. The van der Waals surface area contributed by atoms with Crippen molar-refractivity contribution in [3.63, 3.8) is 0 Å². The predicted molar refractivity (Wildman–Crippen MR) is 113 cm³/mol. The zero-order valence-corrected chi connectivity index (χ0v) is 18.1. The van der Waals surface area contributed by atoms with Gasteiger partial charge in [0, 0.05) is 18.7 Å². The number of fused-ring (bicyclic) bond motifs is 1. The molecule has 1 saturated heterocycles. The fraction of sp³-hybridized carbons (Fsp3) is 0.714. The summed E-state index contributed by atoms with van der Waals surface area (Å²) in [6.07, 6.45) is 2.88. The molecule has 156 valence electrons. The van der Waals surface area contributed by atoms with Crippen LogP contribution in [0.1, 0.15) is 31.5 Å². The van der Waals surface area contributed by atoms with Crippen molar-refractivity contribution in [1.29, 1.82) is 0 Å². The highest BCUT2D eigenvalue weighted by molar-refractivity contribution is 5.91. The van der Waals surface area contributed by atoms with E-state index in [0.717, 1.165) is 57.4 Å². The molecule has 0 radical (unpaired) electrons. The van der Waals surface area contributed by atoms with Crippen molar-refractivity contribution >= 4 is 16.9 Å². The van der Waals surface area contributed by atoms with Gasteiger partial charge < -0.3 is 24.4 Å². The van der Waals surface area contributed by atoms with Crippen LogP contribution in [0, 0.1) is 13.8 Å². The van der Waals surface area contributed by atoms with E-state index in [1.807, 2.05) is 0 Å². The van der Waals surface area contributed by atoms with Gasteiger partial charge in [-0.05, 0) is 33.3 Å². The van der Waals surface area contributed by atoms with Crippen LogP contribution in [0.5, 0.6) is 0 Å². The topological polar surface area (TPSA) is 60.9 Å². The van der Waals surface area contributed by atoms with E-state index >= 15 is 0 Å². The summed E-state index contributed by atoms with van der Waals surface area (Å²) in [5.41, 5.74) is 3.68. The van der Waals surface area contributed by atoms with Crippen LogP contribution in [0.25, 0.3) is 11.0 Å². The van der Waals surface area contributed by atoms with Gasteiger partial charge in [0.05, 0.1) is 51.3 Å². The molecular formula is C21H38N6O+2. The number of nitrogens with one attached hydrogen (secondary N) is 3. The summed E-state index contributed by atoms with van der Waals surface area (Å²) in [6.45, 7) is 19.6. The van der Waals surface area contributed by atoms with E-state index < -0.39 is 0 Å². The van der Waals surface area contributed by atoms with E-state index in [9.17, 15) is 0 Å². The van der Waals surface area contributed by atoms with E-state index in [0.29, 0.717) is 0 Å². The van der Waals surface area contributed by atoms with Gasteiger partial charge in [0.15, 0.2) is 0 Å². The molecule has 7 nitrogen and oxygen atoms in total. The van der Waals surface area contributed by atoms with Gasteiger partial charge >= 0.3 is 0 Å². The Hall–Kier alpha value is -1.70. The van der Waals surface area contributed by atoms with Crippen molar-refractivity contribution in [2.24, 2.45) is 0 Å². The number of aryl methyl sites for hydroxylation is 2. The van der Waals surface area contributed by atoms with E-state index in [4.69, 9.17) is 4.74 Å². The summed E-state index contributed by atoms with van der Waals surface area (Å²) in [7, 11) is 0. The highest BCUT2D eigenvalue weighted by Gasteiger charge is 2.18. The van der Waals surface area contributed by atoms with Crippen LogP contribution in [0.15, 0.2) is 6.33 Å². The van der Waals surface area contributed by atoms with Gasteiger partial charge in [0.25, 0.3) is 0 Å². The van der Waals surface area contributed by atoms with Crippen LogP contribution >= 0.6 is 0 Å². The quantitative estimate of drug-likeness (QED) is 0.521. The average molecular weight is 391 g/mol. The lowest BCUT2D eigenvalue weighted by Crippen LogP contribution is -3.14. The highest BCUT2D eigenvalue weighted by Crippen LogP contribution is 2.28. The summed E-state index contributed by atoms with van der Waals surface area (Å²) in [5, 5.41) is 4.77. The van der Waals surface area contributed by atoms with Crippen molar-refractivity contribution < 1.29 is 14.5 Å². The molecule has 0 unspecified atom stereocenters. The number of morpholine rings is 1. The van der Waals surface area contributed by atoms with Crippen LogP contribution in [-0.2, 0) is 11.3 Å². The molecule has 1 aliphatic rings. The predicted octanol–water partition coefficient (Wildman–Crippen LogP) is -0.310. The molecular weight excluding hydrogens is 352 g/mol. The number of nitrogens with zero attached hydrogens (tertiary/aromatic N) is 3. The van der Waals surface area contributed by atoms with Gasteiger partial charge in [-0.3, -0.25) is 0 Å². The Labute approximate surface area is 169 Å². The van der Waals surface area contributed by atoms with E-state index in [2.05, 4.69) is 47.5 Å². The Bertz CT molecular complexity index is 749. The van der Waals surface area contributed by atoms with Gasteiger partial charge in [-0.15, -0.1) is 0 Å². The minimum Gasteiger partial charge on any atom is -0.370 e. The third-order valence-corrected chi connectivity index (χ3v) is 6.29. The maximum absolute atomic E-state index is 5.45. The summed E-state index contributed by atoms with van der Waals surface area (Å²) in [4.78, 5) is 12.5. The summed E-state index contributed by atoms with van der Waals surface area (Å²) >= 11 is 0. The Morgan fingerprint density at radius 3 is 2.64 bits per heavy atom. The smallest absolute Gasteiger partial charge is 0.145 e. The molecule has 7 heteroatoms. The molecule has 0 bridgehead atoms.